The van der Waals surface area contributed by atoms with Gasteiger partial charge in [0.25, 0.3) is 0 Å². The topological polar surface area (TPSA) is 72.9 Å². The fourth-order valence-corrected chi connectivity index (χ4v) is 1.46. The van der Waals surface area contributed by atoms with E-state index in [9.17, 15) is 9.59 Å². The molecule has 0 aliphatic heterocycles. The van der Waals surface area contributed by atoms with Gasteiger partial charge in [-0.15, -0.1) is 0 Å². The maximum Gasteiger partial charge on any atom is 0.317 e. The number of hydrogen-bond acceptors (Lipinski definition) is 4. The smallest absolute Gasteiger partial charge is 0.317 e. The Hall–Kier alpha value is -1.14. The molecular weight excluding hydrogens is 246 g/mol. The number of nitrogens with one attached hydrogen (secondary N) is 1. The Labute approximate surface area is 115 Å². The van der Waals surface area contributed by atoms with Gasteiger partial charge in [0.2, 0.25) is 5.91 Å². The van der Waals surface area contributed by atoms with Crippen LogP contribution >= 0.6 is 0 Å². The maximum absolute atomic E-state index is 11.9. The lowest BCUT2D eigenvalue weighted by atomic mass is 10.0. The molecule has 1 amide bonds. The van der Waals surface area contributed by atoms with Crippen LogP contribution in [0.5, 0.6) is 0 Å². The van der Waals surface area contributed by atoms with Crippen LogP contribution in [0.2, 0.25) is 0 Å². The Balaban J connectivity index is 4.37. The number of rotatable bonds is 9. The molecule has 0 aromatic rings. The van der Waals surface area contributed by atoms with Gasteiger partial charge < -0.3 is 15.3 Å². The zero-order valence-corrected chi connectivity index (χ0v) is 12.7. The third-order valence-electron chi connectivity index (χ3n) is 2.95. The van der Waals surface area contributed by atoms with Crippen LogP contribution in [0.1, 0.15) is 27.2 Å². The van der Waals surface area contributed by atoms with E-state index in [1.165, 1.54) is 0 Å². The van der Waals surface area contributed by atoms with Gasteiger partial charge in [0.1, 0.15) is 0 Å². The summed E-state index contributed by atoms with van der Waals surface area (Å²) in [5.41, 5.74) is -0.256. The summed E-state index contributed by atoms with van der Waals surface area (Å²) in [6.45, 7) is 7.17. The Morgan fingerprint density at radius 1 is 1.16 bits per heavy atom. The standard InChI is InChI=1S/C13H27N3O3/c1-6-13(2,3)14-11(17)9-16(10-12(18)19)8-7-15(4)5/h6-10H2,1-5H3,(H,14,17)(H,18,19). The van der Waals surface area contributed by atoms with Crippen LogP contribution in [-0.4, -0.2) is 72.6 Å². The van der Waals surface area contributed by atoms with Crippen molar-refractivity contribution < 1.29 is 14.7 Å². The molecule has 0 aromatic heterocycles. The number of carboxylic acids is 1. The minimum Gasteiger partial charge on any atom is -0.480 e. The molecule has 0 saturated carbocycles. The molecule has 0 bridgehead atoms. The summed E-state index contributed by atoms with van der Waals surface area (Å²) in [5, 5.41) is 11.8. The molecule has 0 spiro atoms. The number of hydrogen-bond donors (Lipinski definition) is 2. The fourth-order valence-electron chi connectivity index (χ4n) is 1.46. The second-order valence-electron chi connectivity index (χ2n) is 5.69. The number of carboxylic acid groups (broad SMARTS) is 1. The number of carbonyl (C=O) groups is 2. The molecule has 0 aliphatic carbocycles. The Bertz CT molecular complexity index is 304. The summed E-state index contributed by atoms with van der Waals surface area (Å²) in [5.74, 6) is -1.05. The first-order chi connectivity index (χ1) is 8.66. The molecule has 0 unspecified atom stereocenters. The van der Waals surface area contributed by atoms with E-state index in [4.69, 9.17) is 5.11 Å². The van der Waals surface area contributed by atoms with Gasteiger partial charge in [-0.1, -0.05) is 6.92 Å². The molecule has 0 fully saturated rings. The van der Waals surface area contributed by atoms with Crippen LogP contribution in [-0.2, 0) is 9.59 Å². The lowest BCUT2D eigenvalue weighted by Crippen LogP contribution is -2.49. The molecule has 2 N–H and O–H groups in total. The van der Waals surface area contributed by atoms with Crippen molar-refractivity contribution in [3.05, 3.63) is 0 Å². The minimum absolute atomic E-state index is 0.115. The molecule has 0 heterocycles. The first-order valence-corrected chi connectivity index (χ1v) is 6.56. The molecule has 112 valence electrons. The lowest BCUT2D eigenvalue weighted by Gasteiger charge is -2.27. The molecule has 6 nitrogen and oxygen atoms in total. The Morgan fingerprint density at radius 2 is 1.74 bits per heavy atom. The van der Waals surface area contributed by atoms with E-state index in [-0.39, 0.29) is 24.5 Å². The van der Waals surface area contributed by atoms with Crippen molar-refractivity contribution in [2.45, 2.75) is 32.7 Å². The van der Waals surface area contributed by atoms with Crippen molar-refractivity contribution >= 4 is 11.9 Å². The van der Waals surface area contributed by atoms with Crippen molar-refractivity contribution in [2.24, 2.45) is 0 Å². The second-order valence-corrected chi connectivity index (χ2v) is 5.69. The van der Waals surface area contributed by atoms with Crippen LogP contribution in [0, 0.1) is 0 Å². The number of carbonyl (C=O) groups excluding carboxylic acids is 1. The summed E-state index contributed by atoms with van der Waals surface area (Å²) in [4.78, 5) is 26.3. The van der Waals surface area contributed by atoms with Crippen molar-refractivity contribution in [1.29, 1.82) is 0 Å². The molecular formula is C13H27N3O3. The van der Waals surface area contributed by atoms with Crippen LogP contribution in [0.3, 0.4) is 0 Å². The second kappa shape index (κ2) is 8.12. The molecule has 0 saturated heterocycles. The third kappa shape index (κ3) is 9.44. The first-order valence-electron chi connectivity index (χ1n) is 6.56. The number of likely N-dealkylation sites (N-methyl/N-ethyl adjacent to an activating group) is 1. The monoisotopic (exact) mass is 273 g/mol. The summed E-state index contributed by atoms with van der Waals surface area (Å²) in [6.07, 6.45) is 0.829. The zero-order valence-electron chi connectivity index (χ0n) is 12.7. The summed E-state index contributed by atoms with van der Waals surface area (Å²) in [6, 6.07) is 0. The van der Waals surface area contributed by atoms with Gasteiger partial charge in [-0.05, 0) is 34.4 Å². The van der Waals surface area contributed by atoms with Crippen molar-refractivity contribution in [1.82, 2.24) is 15.1 Å². The number of amides is 1. The highest BCUT2D eigenvalue weighted by Gasteiger charge is 2.20. The predicted octanol–water partition coefficient (Wildman–Crippen LogP) is 0.239. The predicted molar refractivity (Wildman–Crippen MR) is 75.1 cm³/mol. The highest BCUT2D eigenvalue weighted by molar-refractivity contribution is 5.79. The van der Waals surface area contributed by atoms with Gasteiger partial charge >= 0.3 is 5.97 Å². The van der Waals surface area contributed by atoms with Gasteiger partial charge in [0, 0.05) is 18.6 Å². The van der Waals surface area contributed by atoms with Crippen LogP contribution < -0.4 is 5.32 Å². The summed E-state index contributed by atoms with van der Waals surface area (Å²) in [7, 11) is 3.83. The van der Waals surface area contributed by atoms with E-state index < -0.39 is 5.97 Å². The molecule has 0 aliphatic rings. The van der Waals surface area contributed by atoms with E-state index >= 15 is 0 Å². The fraction of sp³-hybridized carbons (Fsp3) is 0.846. The van der Waals surface area contributed by atoms with E-state index in [0.29, 0.717) is 6.54 Å². The van der Waals surface area contributed by atoms with Crippen molar-refractivity contribution in [3.63, 3.8) is 0 Å². The Kier molecular flexibility index (Phi) is 7.63. The number of nitrogens with zero attached hydrogens (tertiary/aromatic N) is 2. The summed E-state index contributed by atoms with van der Waals surface area (Å²) >= 11 is 0. The maximum atomic E-state index is 11.9. The molecule has 0 atom stereocenters. The van der Waals surface area contributed by atoms with Gasteiger partial charge in [0.05, 0.1) is 13.1 Å². The van der Waals surface area contributed by atoms with E-state index in [2.05, 4.69) is 5.32 Å². The van der Waals surface area contributed by atoms with Crippen molar-refractivity contribution in [3.8, 4) is 0 Å². The van der Waals surface area contributed by atoms with Gasteiger partial charge in [-0.2, -0.15) is 0 Å². The van der Waals surface area contributed by atoms with Gasteiger partial charge in [-0.3, -0.25) is 14.5 Å². The number of aliphatic carboxylic acids is 1. The molecule has 0 aromatic carbocycles. The van der Waals surface area contributed by atoms with Crippen LogP contribution in [0.25, 0.3) is 0 Å². The van der Waals surface area contributed by atoms with E-state index in [1.807, 2.05) is 39.8 Å². The lowest BCUT2D eigenvalue weighted by molar-refractivity contribution is -0.138. The molecule has 19 heavy (non-hydrogen) atoms. The van der Waals surface area contributed by atoms with Gasteiger partial charge in [-0.25, -0.2) is 0 Å². The Morgan fingerprint density at radius 3 is 2.16 bits per heavy atom. The SMILES string of the molecule is CCC(C)(C)NC(=O)CN(CCN(C)C)CC(=O)O. The summed E-state index contributed by atoms with van der Waals surface area (Å²) < 4.78 is 0. The molecule has 0 rings (SSSR count). The van der Waals surface area contributed by atoms with Gasteiger partial charge in [0.15, 0.2) is 0 Å². The normalized spacial score (nSPS) is 11.9. The third-order valence-corrected chi connectivity index (χ3v) is 2.95. The average molecular weight is 273 g/mol. The van der Waals surface area contributed by atoms with Crippen molar-refractivity contribution in [2.75, 3.05) is 40.3 Å². The van der Waals surface area contributed by atoms with Crippen LogP contribution in [0.4, 0.5) is 0 Å². The largest absolute Gasteiger partial charge is 0.480 e. The molecule has 0 radical (unpaired) electrons. The minimum atomic E-state index is -0.915. The van der Waals surface area contributed by atoms with Crippen LogP contribution in [0.15, 0.2) is 0 Å². The van der Waals surface area contributed by atoms with E-state index in [0.717, 1.165) is 13.0 Å². The molecule has 6 heteroatoms. The average Bonchev–Trinajstić information content (AvgIpc) is 2.24. The highest BCUT2D eigenvalue weighted by Crippen LogP contribution is 2.06. The first kappa shape index (κ1) is 17.9. The highest BCUT2D eigenvalue weighted by atomic mass is 16.4. The van der Waals surface area contributed by atoms with E-state index in [1.54, 1.807) is 4.90 Å². The quantitative estimate of drug-likeness (QED) is 0.629. The zero-order chi connectivity index (χ0) is 15.1.